The van der Waals surface area contributed by atoms with Crippen LogP contribution in [0, 0.1) is 0 Å². The molecule has 0 spiro atoms. The van der Waals surface area contributed by atoms with Crippen molar-refractivity contribution in [1.29, 1.82) is 0 Å². The average Bonchev–Trinajstić information content (AvgIpc) is 2.50. The van der Waals surface area contributed by atoms with Crippen molar-refractivity contribution < 1.29 is 4.48 Å². The molecule has 0 amide bonds. The molecule has 2 nitrogen and oxygen atoms in total. The summed E-state index contributed by atoms with van der Waals surface area (Å²) >= 11 is 0. The fraction of sp³-hybridized carbons (Fsp3) is 0.647. The number of hydrogen-bond donors (Lipinski definition) is 1. The van der Waals surface area contributed by atoms with Crippen LogP contribution in [0.3, 0.4) is 0 Å². The summed E-state index contributed by atoms with van der Waals surface area (Å²) in [5.74, 6) is 0. The average molecular weight is 259 g/mol. The van der Waals surface area contributed by atoms with Gasteiger partial charge in [-0.2, -0.15) is 0 Å². The molecule has 2 saturated heterocycles. The van der Waals surface area contributed by atoms with Crippen LogP contribution in [0.1, 0.15) is 44.1 Å². The van der Waals surface area contributed by atoms with Gasteiger partial charge in [-0.25, -0.2) is 0 Å². The third-order valence-electron chi connectivity index (χ3n) is 4.99. The Morgan fingerprint density at radius 3 is 2.42 bits per heavy atom. The minimum absolute atomic E-state index is 0.703. The van der Waals surface area contributed by atoms with E-state index in [2.05, 4.69) is 35.6 Å². The van der Waals surface area contributed by atoms with Gasteiger partial charge < -0.3 is 4.48 Å². The van der Waals surface area contributed by atoms with Crippen molar-refractivity contribution in [2.75, 3.05) is 19.6 Å². The Hall–Kier alpha value is -0.860. The highest BCUT2D eigenvalue weighted by molar-refractivity contribution is 5.13. The number of rotatable bonds is 3. The van der Waals surface area contributed by atoms with Gasteiger partial charge in [-0.3, -0.25) is 5.32 Å². The topological polar surface area (TPSA) is 12.0 Å². The largest absolute Gasteiger partial charge is 0.305 e. The predicted molar refractivity (Wildman–Crippen MR) is 79.6 cm³/mol. The normalized spacial score (nSPS) is 27.1. The van der Waals surface area contributed by atoms with Crippen molar-refractivity contribution in [2.24, 2.45) is 0 Å². The van der Waals surface area contributed by atoms with Gasteiger partial charge in [0.25, 0.3) is 0 Å². The van der Waals surface area contributed by atoms with E-state index in [0.29, 0.717) is 6.17 Å². The van der Waals surface area contributed by atoms with E-state index in [1.165, 1.54) is 74.8 Å². The van der Waals surface area contributed by atoms with Crippen LogP contribution in [0.2, 0.25) is 0 Å². The number of hydrogen-bond acceptors (Lipinski definition) is 1. The number of piperidine rings is 2. The van der Waals surface area contributed by atoms with Gasteiger partial charge in [-0.05, 0) is 32.1 Å². The van der Waals surface area contributed by atoms with Crippen LogP contribution in [0.15, 0.2) is 30.3 Å². The lowest BCUT2D eigenvalue weighted by Crippen LogP contribution is -2.63. The van der Waals surface area contributed by atoms with E-state index in [1.807, 2.05) is 0 Å². The summed E-state index contributed by atoms with van der Waals surface area (Å²) in [4.78, 5) is 0. The van der Waals surface area contributed by atoms with Gasteiger partial charge in [0.1, 0.15) is 12.7 Å². The van der Waals surface area contributed by atoms with E-state index in [4.69, 9.17) is 0 Å². The third kappa shape index (κ3) is 3.01. The first-order chi connectivity index (χ1) is 9.39. The second-order valence-electron chi connectivity index (χ2n) is 6.34. The Morgan fingerprint density at radius 1 is 0.947 bits per heavy atom. The highest BCUT2D eigenvalue weighted by Gasteiger charge is 2.38. The number of quaternary nitrogens is 1. The van der Waals surface area contributed by atoms with Crippen LogP contribution >= 0.6 is 0 Å². The van der Waals surface area contributed by atoms with Crippen LogP contribution in [-0.4, -0.2) is 30.3 Å². The first kappa shape index (κ1) is 13.1. The Morgan fingerprint density at radius 2 is 1.74 bits per heavy atom. The molecule has 2 aliphatic heterocycles. The zero-order valence-corrected chi connectivity index (χ0v) is 12.0. The minimum Gasteiger partial charge on any atom is -0.305 e. The highest BCUT2D eigenvalue weighted by atomic mass is 15.4. The Kier molecular flexibility index (Phi) is 4.19. The van der Waals surface area contributed by atoms with Gasteiger partial charge in [-0.1, -0.05) is 30.3 Å². The molecule has 0 radical (unpaired) electrons. The molecule has 1 N–H and O–H groups in total. The molecule has 2 fully saturated rings. The maximum absolute atomic E-state index is 3.82. The van der Waals surface area contributed by atoms with Crippen molar-refractivity contribution in [2.45, 2.75) is 51.2 Å². The standard InChI is InChI=1S/C17H27N2/c1-3-9-16(10-4-1)15-19(13-7-2-8-14-19)17-11-5-6-12-18-17/h1,3-4,9-10,17-18H,2,5-8,11-15H2/q+1. The van der Waals surface area contributed by atoms with Crippen LogP contribution in [0.5, 0.6) is 0 Å². The molecule has 2 aliphatic rings. The van der Waals surface area contributed by atoms with Crippen molar-refractivity contribution in [3.05, 3.63) is 35.9 Å². The van der Waals surface area contributed by atoms with Crippen LogP contribution in [-0.2, 0) is 6.54 Å². The lowest BCUT2D eigenvalue weighted by Gasteiger charge is -2.48. The first-order valence-electron chi connectivity index (χ1n) is 8.02. The van der Waals surface area contributed by atoms with Gasteiger partial charge in [-0.15, -0.1) is 0 Å². The van der Waals surface area contributed by atoms with Gasteiger partial charge in [0.15, 0.2) is 0 Å². The zero-order valence-electron chi connectivity index (χ0n) is 12.0. The number of likely N-dealkylation sites (tertiary alicyclic amines) is 1. The molecule has 2 heteroatoms. The molecule has 0 aliphatic carbocycles. The number of nitrogens with one attached hydrogen (secondary N) is 1. The molecule has 0 saturated carbocycles. The van der Waals surface area contributed by atoms with E-state index in [1.54, 1.807) is 0 Å². The zero-order chi connectivity index (χ0) is 13.0. The highest BCUT2D eigenvalue weighted by Crippen LogP contribution is 2.29. The third-order valence-corrected chi connectivity index (χ3v) is 4.99. The molecule has 0 aromatic heterocycles. The summed E-state index contributed by atoms with van der Waals surface area (Å²) in [6.07, 6.45) is 9.09. The quantitative estimate of drug-likeness (QED) is 0.821. The van der Waals surface area contributed by atoms with E-state index >= 15 is 0 Å². The molecule has 19 heavy (non-hydrogen) atoms. The van der Waals surface area contributed by atoms with Crippen LogP contribution < -0.4 is 5.32 Å². The SMILES string of the molecule is c1ccc(C[N+]2(C3CCCCN3)CCCCC2)cc1. The summed E-state index contributed by atoms with van der Waals surface area (Å²) in [6, 6.07) is 11.1. The van der Waals surface area contributed by atoms with Gasteiger partial charge in [0.2, 0.25) is 0 Å². The first-order valence-corrected chi connectivity index (χ1v) is 8.02. The lowest BCUT2D eigenvalue weighted by atomic mass is 9.99. The molecule has 1 unspecified atom stereocenters. The number of benzene rings is 1. The molecule has 1 aromatic carbocycles. The van der Waals surface area contributed by atoms with Gasteiger partial charge >= 0.3 is 0 Å². The van der Waals surface area contributed by atoms with E-state index in [-0.39, 0.29) is 0 Å². The van der Waals surface area contributed by atoms with E-state index in [0.717, 1.165) is 0 Å². The van der Waals surface area contributed by atoms with E-state index < -0.39 is 0 Å². The Labute approximate surface area is 117 Å². The summed E-state index contributed by atoms with van der Waals surface area (Å²) in [7, 11) is 0. The van der Waals surface area contributed by atoms with Crippen molar-refractivity contribution in [1.82, 2.24) is 5.32 Å². The molecule has 1 atom stereocenters. The van der Waals surface area contributed by atoms with Crippen molar-refractivity contribution in [3.8, 4) is 0 Å². The fourth-order valence-corrected chi connectivity index (χ4v) is 3.97. The number of nitrogens with zero attached hydrogens (tertiary/aromatic N) is 1. The molecule has 104 valence electrons. The minimum atomic E-state index is 0.703. The Balaban J connectivity index is 1.79. The molecule has 0 bridgehead atoms. The molecule has 1 aromatic rings. The second kappa shape index (κ2) is 6.06. The lowest BCUT2D eigenvalue weighted by molar-refractivity contribution is -0.971. The summed E-state index contributed by atoms with van der Waals surface area (Å²) < 4.78 is 1.30. The smallest absolute Gasteiger partial charge is 0.143 e. The molecule has 3 rings (SSSR count). The second-order valence-corrected chi connectivity index (χ2v) is 6.34. The Bertz CT molecular complexity index is 376. The summed E-state index contributed by atoms with van der Waals surface area (Å²) in [6.45, 7) is 5.18. The molecular formula is C17H27N2+. The van der Waals surface area contributed by atoms with Crippen molar-refractivity contribution in [3.63, 3.8) is 0 Å². The molecular weight excluding hydrogens is 232 g/mol. The van der Waals surface area contributed by atoms with Crippen LogP contribution in [0.4, 0.5) is 0 Å². The maximum atomic E-state index is 3.82. The summed E-state index contributed by atoms with van der Waals surface area (Å²) in [5.41, 5.74) is 1.51. The maximum Gasteiger partial charge on any atom is 0.143 e. The van der Waals surface area contributed by atoms with Gasteiger partial charge in [0, 0.05) is 18.5 Å². The van der Waals surface area contributed by atoms with Crippen molar-refractivity contribution >= 4 is 0 Å². The monoisotopic (exact) mass is 259 g/mol. The van der Waals surface area contributed by atoms with Crippen LogP contribution in [0.25, 0.3) is 0 Å². The van der Waals surface area contributed by atoms with Gasteiger partial charge in [0.05, 0.1) is 13.1 Å². The molecule has 2 heterocycles. The summed E-state index contributed by atoms with van der Waals surface area (Å²) in [5, 5.41) is 3.82. The van der Waals surface area contributed by atoms with E-state index in [9.17, 15) is 0 Å². The fourth-order valence-electron chi connectivity index (χ4n) is 3.97. The predicted octanol–water partition coefficient (Wildman–Crippen LogP) is 3.29.